The van der Waals surface area contributed by atoms with Crippen LogP contribution in [0.25, 0.3) is 16.6 Å². The highest BCUT2D eigenvalue weighted by Crippen LogP contribution is 2.16. The second kappa shape index (κ2) is 8.13. The number of likely N-dealkylation sites (tertiary alicyclic amines) is 1. The van der Waals surface area contributed by atoms with Crippen molar-refractivity contribution in [2.75, 3.05) is 26.2 Å². The molecule has 0 aromatic carbocycles. The Morgan fingerprint density at radius 3 is 2.92 bits per heavy atom. The predicted molar refractivity (Wildman–Crippen MR) is 98.1 cm³/mol. The Morgan fingerprint density at radius 2 is 2.12 bits per heavy atom. The maximum absolute atomic E-state index is 7.69. The van der Waals surface area contributed by atoms with E-state index in [1.54, 1.807) is 0 Å². The fourth-order valence-electron chi connectivity index (χ4n) is 3.14. The molecule has 5 nitrogen and oxygen atoms in total. The molecule has 3 rings (SSSR count). The summed E-state index contributed by atoms with van der Waals surface area (Å²) in [6.07, 6.45) is 9.14. The van der Waals surface area contributed by atoms with E-state index in [1.165, 1.54) is 45.1 Å². The van der Waals surface area contributed by atoms with Crippen LogP contribution >= 0.6 is 0 Å². The Bertz CT molecular complexity index is 732. The zero-order valence-electron chi connectivity index (χ0n) is 14.3. The summed E-state index contributed by atoms with van der Waals surface area (Å²) in [6.45, 7) is 6.73. The van der Waals surface area contributed by atoms with E-state index in [4.69, 9.17) is 5.41 Å². The van der Waals surface area contributed by atoms with Crippen molar-refractivity contribution in [3.05, 3.63) is 41.9 Å². The molecule has 0 spiro atoms. The maximum Gasteiger partial charge on any atom is 0.102 e. The number of aromatic nitrogens is 2. The normalized spacial score (nSPS) is 16.0. The van der Waals surface area contributed by atoms with Gasteiger partial charge in [0.1, 0.15) is 6.20 Å². The molecule has 2 aromatic heterocycles. The number of nitrogens with two attached hydrogens (primary N) is 1. The molecule has 24 heavy (non-hydrogen) atoms. The van der Waals surface area contributed by atoms with Gasteiger partial charge in [-0.25, -0.2) is 0 Å². The number of fused-ring (bicyclic) bond motifs is 1. The zero-order valence-corrected chi connectivity index (χ0v) is 14.3. The second-order valence-corrected chi connectivity index (χ2v) is 6.41. The number of nitrogens with zero attached hydrogens (tertiary/aromatic N) is 3. The highest BCUT2D eigenvalue weighted by molar-refractivity contribution is 6.08. The third kappa shape index (κ3) is 4.24. The molecule has 126 valence electrons. The molecule has 0 bridgehead atoms. The molecule has 0 atom stereocenters. The lowest BCUT2D eigenvalue weighted by atomic mass is 10.1. The van der Waals surface area contributed by atoms with Crippen LogP contribution < -0.4 is 5.32 Å². The van der Waals surface area contributed by atoms with Crippen molar-refractivity contribution >= 4 is 22.8 Å². The van der Waals surface area contributed by atoms with E-state index in [-0.39, 0.29) is 0 Å². The highest BCUT2D eigenvalue weighted by Gasteiger charge is 2.10. The first-order chi connectivity index (χ1) is 11.8. The van der Waals surface area contributed by atoms with Gasteiger partial charge in [-0.05, 0) is 51.1 Å². The first kappa shape index (κ1) is 16.7. The Balaban J connectivity index is 1.61. The van der Waals surface area contributed by atoms with Gasteiger partial charge in [-0.15, -0.1) is 0 Å². The third-order valence-corrected chi connectivity index (χ3v) is 4.51. The van der Waals surface area contributed by atoms with Crippen LogP contribution in [0.5, 0.6) is 0 Å². The van der Waals surface area contributed by atoms with Gasteiger partial charge in [0.15, 0.2) is 0 Å². The number of hydrogen-bond donors (Lipinski definition) is 2. The topological polar surface area (TPSA) is 69.5 Å². The minimum Gasteiger partial charge on any atom is -0.319 e. The standard InChI is InChI=1S/C19H25N5/c1-15-5-6-18-19(23-15)11-16(14-22-18)17(12-20)13-21-7-4-10-24-8-2-3-9-24/h5-6,11-14,20-21H,2-4,7-10H2,1H3/p+1. The Morgan fingerprint density at radius 1 is 1.29 bits per heavy atom. The van der Waals surface area contributed by atoms with Crippen molar-refractivity contribution in [1.29, 1.82) is 5.41 Å². The van der Waals surface area contributed by atoms with Gasteiger partial charge in [0, 0.05) is 36.6 Å². The van der Waals surface area contributed by atoms with Gasteiger partial charge >= 0.3 is 0 Å². The van der Waals surface area contributed by atoms with Gasteiger partial charge in [0.2, 0.25) is 0 Å². The summed E-state index contributed by atoms with van der Waals surface area (Å²) in [6, 6.07) is 5.97. The van der Waals surface area contributed by atoms with E-state index in [0.29, 0.717) is 0 Å². The fourth-order valence-corrected chi connectivity index (χ4v) is 3.14. The Kier molecular flexibility index (Phi) is 5.67. The average Bonchev–Trinajstić information content (AvgIpc) is 3.11. The number of nitrogens with one attached hydrogen (secondary N) is 1. The van der Waals surface area contributed by atoms with Gasteiger partial charge in [-0.1, -0.05) is 0 Å². The van der Waals surface area contributed by atoms with E-state index in [1.807, 2.05) is 37.5 Å². The zero-order chi connectivity index (χ0) is 16.8. The monoisotopic (exact) mass is 324 g/mol. The lowest BCUT2D eigenvalue weighted by Crippen LogP contribution is -2.78. The number of rotatable bonds is 7. The van der Waals surface area contributed by atoms with Crippen molar-refractivity contribution in [3.63, 3.8) is 0 Å². The molecule has 0 amide bonds. The van der Waals surface area contributed by atoms with Crippen molar-refractivity contribution in [3.8, 4) is 0 Å². The molecule has 0 radical (unpaired) electrons. The first-order valence-corrected chi connectivity index (χ1v) is 8.76. The molecule has 3 heterocycles. The van der Waals surface area contributed by atoms with Crippen LogP contribution in [0.4, 0.5) is 0 Å². The fraction of sp³-hybridized carbons (Fsp3) is 0.421. The van der Waals surface area contributed by atoms with Crippen LogP contribution in [-0.4, -0.2) is 47.3 Å². The molecule has 0 saturated carbocycles. The van der Waals surface area contributed by atoms with E-state index in [0.717, 1.165) is 34.4 Å². The molecule has 2 aromatic rings. The molecule has 0 unspecified atom stereocenters. The maximum atomic E-state index is 7.69. The summed E-state index contributed by atoms with van der Waals surface area (Å²) in [5, 5.41) is 9.87. The average molecular weight is 324 g/mol. The third-order valence-electron chi connectivity index (χ3n) is 4.51. The van der Waals surface area contributed by atoms with Crippen LogP contribution in [0, 0.1) is 12.3 Å². The van der Waals surface area contributed by atoms with Crippen molar-refractivity contribution in [2.45, 2.75) is 26.2 Å². The Labute approximate surface area is 143 Å². The summed E-state index contributed by atoms with van der Waals surface area (Å²) in [5.74, 6) is 0. The number of aryl methyl sites for hydroxylation is 1. The quantitative estimate of drug-likeness (QED) is 0.604. The Hall–Kier alpha value is -2.11. The van der Waals surface area contributed by atoms with Crippen molar-refractivity contribution in [2.24, 2.45) is 0 Å². The molecule has 0 aliphatic carbocycles. The van der Waals surface area contributed by atoms with Gasteiger partial charge in [-0.3, -0.25) is 9.97 Å². The molecule has 1 aliphatic heterocycles. The van der Waals surface area contributed by atoms with Gasteiger partial charge in [0.05, 0.1) is 23.2 Å². The van der Waals surface area contributed by atoms with Crippen LogP contribution in [0.2, 0.25) is 0 Å². The van der Waals surface area contributed by atoms with Crippen LogP contribution in [0.3, 0.4) is 0 Å². The van der Waals surface area contributed by atoms with Crippen LogP contribution in [-0.2, 0) is 0 Å². The van der Waals surface area contributed by atoms with E-state index >= 15 is 0 Å². The number of quaternary nitrogens is 1. The van der Waals surface area contributed by atoms with Gasteiger partial charge < -0.3 is 15.6 Å². The SMILES string of the molecule is Cc1ccc2ncc(C(C=N)=C[NH2+]CCCN3CCCC3)cc2n1. The lowest BCUT2D eigenvalue weighted by Gasteiger charge is -2.12. The van der Waals surface area contributed by atoms with Gasteiger partial charge in [0.25, 0.3) is 0 Å². The first-order valence-electron chi connectivity index (χ1n) is 8.76. The minimum atomic E-state index is 0.883. The molecule has 1 saturated heterocycles. The van der Waals surface area contributed by atoms with Crippen LogP contribution in [0.1, 0.15) is 30.5 Å². The van der Waals surface area contributed by atoms with E-state index in [2.05, 4.69) is 20.2 Å². The molecular formula is C19H26N5+. The molecule has 1 aliphatic rings. The number of allylic oxidation sites excluding steroid dienone is 1. The number of hydrogen-bond acceptors (Lipinski definition) is 4. The van der Waals surface area contributed by atoms with Gasteiger partial charge in [-0.2, -0.15) is 0 Å². The summed E-state index contributed by atoms with van der Waals surface area (Å²) >= 11 is 0. The molecule has 1 fully saturated rings. The second-order valence-electron chi connectivity index (χ2n) is 6.41. The predicted octanol–water partition coefficient (Wildman–Crippen LogP) is 1.98. The number of pyridine rings is 2. The molecular weight excluding hydrogens is 298 g/mol. The van der Waals surface area contributed by atoms with E-state index < -0.39 is 0 Å². The summed E-state index contributed by atoms with van der Waals surface area (Å²) in [5.41, 5.74) is 4.59. The van der Waals surface area contributed by atoms with E-state index in [9.17, 15) is 0 Å². The molecule has 3 N–H and O–H groups in total. The summed E-state index contributed by atoms with van der Waals surface area (Å²) in [7, 11) is 0. The summed E-state index contributed by atoms with van der Waals surface area (Å²) in [4.78, 5) is 11.5. The minimum absolute atomic E-state index is 0.883. The highest BCUT2D eigenvalue weighted by atomic mass is 15.1. The van der Waals surface area contributed by atoms with Crippen molar-refractivity contribution < 1.29 is 5.32 Å². The van der Waals surface area contributed by atoms with Crippen LogP contribution in [0.15, 0.2) is 30.6 Å². The molecule has 5 heteroatoms. The lowest BCUT2D eigenvalue weighted by molar-refractivity contribution is -0.587. The van der Waals surface area contributed by atoms with Crippen molar-refractivity contribution in [1.82, 2.24) is 14.9 Å². The largest absolute Gasteiger partial charge is 0.319 e. The smallest absolute Gasteiger partial charge is 0.102 e. The summed E-state index contributed by atoms with van der Waals surface area (Å²) < 4.78 is 0.